The number of rotatable bonds is 16. The third-order valence-electron chi connectivity index (χ3n) is 4.53. The number of Topliss-reactive ketones (excluding diaryl/α,β-unsaturated/α-hetero) is 1. The van der Waals surface area contributed by atoms with E-state index in [0.717, 1.165) is 25.8 Å². The number of hydrogen-bond donors (Lipinski definition) is 3. The molecule has 0 amide bonds. The number of carbonyl (C=O) groups is 1. The fourth-order valence-corrected chi connectivity index (χ4v) is 2.96. The second-order valence-electron chi connectivity index (χ2n) is 7.94. The van der Waals surface area contributed by atoms with E-state index in [1.807, 2.05) is 14.1 Å². The lowest BCUT2D eigenvalue weighted by Gasteiger charge is -2.31. The van der Waals surface area contributed by atoms with E-state index < -0.39 is 16.3 Å². The van der Waals surface area contributed by atoms with Crippen LogP contribution in [0, 0.1) is 10.2 Å². The first-order chi connectivity index (χ1) is 12.9. The van der Waals surface area contributed by atoms with Crippen molar-refractivity contribution in [1.82, 2.24) is 0 Å². The first-order valence-corrected chi connectivity index (χ1v) is 11.6. The number of nitrogens with zero attached hydrogens (tertiary/aromatic N) is 1. The number of ketones is 1. The van der Waals surface area contributed by atoms with Crippen molar-refractivity contribution in [3.05, 3.63) is 0 Å². The van der Waals surface area contributed by atoms with Crippen molar-refractivity contribution >= 4 is 5.78 Å². The van der Waals surface area contributed by atoms with Gasteiger partial charge in [0.05, 0.1) is 35.5 Å². The van der Waals surface area contributed by atoms with Gasteiger partial charge < -0.3 is 15.3 Å². The topological polar surface area (TPSA) is 153 Å². The fourth-order valence-electron chi connectivity index (χ4n) is 2.96. The van der Waals surface area contributed by atoms with E-state index in [1.54, 1.807) is 0 Å². The number of quaternary nitrogens is 1. The Bertz CT molecular complexity index is 372. The molecule has 0 spiro atoms. The minimum absolute atomic E-state index is 0.00638. The molecule has 170 valence electrons. The quantitative estimate of drug-likeness (QED) is 0.213. The molecule has 0 aliphatic rings. The van der Waals surface area contributed by atoms with Crippen LogP contribution >= 0.6 is 0 Å². The van der Waals surface area contributed by atoms with Gasteiger partial charge in [-0.3, -0.25) is 4.79 Å². The Labute approximate surface area is 172 Å². The van der Waals surface area contributed by atoms with Gasteiger partial charge in [0.1, 0.15) is 6.54 Å². The Hall–Kier alpha value is -0.320. The van der Waals surface area contributed by atoms with Crippen LogP contribution in [0.5, 0.6) is 0 Å². The van der Waals surface area contributed by atoms with Gasteiger partial charge in [-0.25, -0.2) is 0 Å². The predicted molar refractivity (Wildman–Crippen MR) is 101 cm³/mol. The van der Waals surface area contributed by atoms with Gasteiger partial charge in [-0.2, -0.15) is 14.0 Å². The summed E-state index contributed by atoms with van der Waals surface area (Å²) in [5.41, 5.74) is 5.53. The molecule has 1 atom stereocenters. The molecule has 0 aliphatic heterocycles. The molecule has 0 aromatic carbocycles. The standard InChI is InChI=1S/C19H41N2O2.ClHO4/c1-4-5-6-7-8-9-10-11-12-14-18(22)19(23)17-21(2,3)16-13-15-20;2-1(3,4)5/h19,23H,4-17,20H2,1-3H3;(H,2,3,4,5)/q+1;. The number of aliphatic hydroxyl groups is 1. The zero-order chi connectivity index (χ0) is 22.1. The van der Waals surface area contributed by atoms with Crippen LogP contribution in [0.2, 0.25) is 0 Å². The predicted octanol–water partition coefficient (Wildman–Crippen LogP) is -0.861. The first kappa shape index (κ1) is 29.9. The van der Waals surface area contributed by atoms with Gasteiger partial charge in [-0.1, -0.05) is 58.3 Å². The normalized spacial score (nSPS) is 13.0. The number of unbranched alkanes of at least 4 members (excludes halogenated alkanes) is 8. The molecule has 0 aliphatic carbocycles. The number of halogens is 1. The summed E-state index contributed by atoms with van der Waals surface area (Å²) >= 11 is 0. The zero-order valence-corrected chi connectivity index (χ0v) is 18.7. The maximum Gasteiger partial charge on any atom is 0.167 e. The number of likely N-dealkylation sites (N-methyl/N-ethyl adjacent to an activating group) is 1. The summed E-state index contributed by atoms with van der Waals surface area (Å²) < 4.78 is 33.4. The molecule has 0 fully saturated rings. The van der Waals surface area contributed by atoms with E-state index in [2.05, 4.69) is 6.92 Å². The SMILES string of the molecule is CCCCCCCCCCCC(=O)C(O)C[N+](C)(C)CCCN.[O-][Cl+3]([O-])([O-])O. The summed E-state index contributed by atoms with van der Waals surface area (Å²) in [7, 11) is -0.602. The number of hydrogen-bond acceptors (Lipinski definition) is 7. The fraction of sp³-hybridized carbons (Fsp3) is 0.947. The zero-order valence-electron chi connectivity index (χ0n) is 17.9. The highest BCUT2D eigenvalue weighted by Crippen LogP contribution is 2.12. The van der Waals surface area contributed by atoms with Crippen LogP contribution in [0.1, 0.15) is 77.6 Å². The number of aliphatic hydroxyl groups excluding tert-OH is 1. The van der Waals surface area contributed by atoms with Gasteiger partial charge in [-0.05, 0) is 13.0 Å². The number of nitrogens with two attached hydrogens (primary N) is 1. The molecule has 0 heterocycles. The number of carbonyl (C=O) groups excluding carboxylic acids is 1. The summed E-state index contributed by atoms with van der Waals surface area (Å²) in [6.07, 6.45) is 11.8. The third-order valence-corrected chi connectivity index (χ3v) is 4.53. The van der Waals surface area contributed by atoms with Crippen molar-refractivity contribution in [2.24, 2.45) is 5.73 Å². The Morgan fingerprint density at radius 2 is 1.39 bits per heavy atom. The monoisotopic (exact) mass is 429 g/mol. The summed E-state index contributed by atoms with van der Waals surface area (Å²) in [5, 5.41) is 10.1. The minimum Gasteiger partial charge on any atom is -0.380 e. The van der Waals surface area contributed by atoms with Crippen molar-refractivity contribution < 1.29 is 43.3 Å². The van der Waals surface area contributed by atoms with E-state index in [4.69, 9.17) is 24.4 Å². The molecule has 8 nitrogen and oxygen atoms in total. The lowest BCUT2D eigenvalue weighted by Crippen LogP contribution is -2.58. The summed E-state index contributed by atoms with van der Waals surface area (Å²) in [4.78, 5) is 12.0. The average molecular weight is 430 g/mol. The molecule has 0 rings (SSSR count). The maximum absolute atomic E-state index is 12.0. The highest BCUT2D eigenvalue weighted by Gasteiger charge is 2.24. The Morgan fingerprint density at radius 3 is 1.82 bits per heavy atom. The van der Waals surface area contributed by atoms with Gasteiger partial charge in [0, 0.05) is 12.8 Å². The van der Waals surface area contributed by atoms with E-state index in [-0.39, 0.29) is 5.78 Å². The molecule has 1 unspecified atom stereocenters. The van der Waals surface area contributed by atoms with E-state index in [0.29, 0.717) is 24.0 Å². The van der Waals surface area contributed by atoms with Crippen LogP contribution in [0.25, 0.3) is 0 Å². The van der Waals surface area contributed by atoms with Crippen molar-refractivity contribution in [3.8, 4) is 0 Å². The molecule has 0 saturated heterocycles. The first-order valence-electron chi connectivity index (χ1n) is 10.3. The second kappa shape index (κ2) is 17.5. The highest BCUT2D eigenvalue weighted by molar-refractivity contribution is 5.82. The van der Waals surface area contributed by atoms with E-state index in [1.165, 1.54) is 44.9 Å². The van der Waals surface area contributed by atoms with Crippen molar-refractivity contribution in [1.29, 1.82) is 0 Å². The van der Waals surface area contributed by atoms with E-state index >= 15 is 0 Å². The van der Waals surface area contributed by atoms with Gasteiger partial charge in [0.25, 0.3) is 0 Å². The molecule has 0 radical (unpaired) electrons. The molecule has 0 aromatic heterocycles. The van der Waals surface area contributed by atoms with Crippen molar-refractivity contribution in [3.63, 3.8) is 0 Å². The van der Waals surface area contributed by atoms with Crippen molar-refractivity contribution in [2.45, 2.75) is 83.7 Å². The van der Waals surface area contributed by atoms with Crippen molar-refractivity contribution in [2.75, 3.05) is 33.7 Å². The lowest BCUT2D eigenvalue weighted by atomic mass is 10.0. The van der Waals surface area contributed by atoms with Crippen LogP contribution < -0.4 is 19.7 Å². The second-order valence-corrected chi connectivity index (χ2v) is 8.73. The molecule has 28 heavy (non-hydrogen) atoms. The largest absolute Gasteiger partial charge is 0.380 e. The van der Waals surface area contributed by atoms with Gasteiger partial charge in [0.2, 0.25) is 0 Å². The van der Waals surface area contributed by atoms with Gasteiger partial charge in [-0.15, -0.1) is 0 Å². The van der Waals surface area contributed by atoms with Crippen LogP contribution in [-0.4, -0.2) is 59.9 Å². The summed E-state index contributed by atoms with van der Waals surface area (Å²) in [6, 6.07) is 0. The highest BCUT2D eigenvalue weighted by atomic mass is 35.7. The third kappa shape index (κ3) is 25.7. The smallest absolute Gasteiger partial charge is 0.167 e. The molecular formula is C19H42ClN2O6+. The summed E-state index contributed by atoms with van der Waals surface area (Å²) in [5.74, 6) is 0.00638. The van der Waals surface area contributed by atoms with Crippen LogP contribution in [-0.2, 0) is 4.79 Å². The molecule has 9 heteroatoms. The molecule has 0 bridgehead atoms. The summed E-state index contributed by atoms with van der Waals surface area (Å²) in [6.45, 7) is 4.29. The Kier molecular flexibility index (Phi) is 18.7. The molecule has 0 aromatic rings. The van der Waals surface area contributed by atoms with Gasteiger partial charge >= 0.3 is 0 Å². The molecule has 0 saturated carbocycles. The average Bonchev–Trinajstić information content (AvgIpc) is 2.56. The minimum atomic E-state index is -4.69. The maximum atomic E-state index is 12.0. The molecule has 4 N–H and O–H groups in total. The van der Waals surface area contributed by atoms with E-state index in [9.17, 15) is 9.90 Å². The van der Waals surface area contributed by atoms with Gasteiger partial charge in [0.15, 0.2) is 11.9 Å². The van der Waals surface area contributed by atoms with Crippen LogP contribution in [0.4, 0.5) is 0 Å². The van der Waals surface area contributed by atoms with Crippen LogP contribution in [0.15, 0.2) is 0 Å². The lowest BCUT2D eigenvalue weighted by molar-refractivity contribution is -1.92. The Balaban J connectivity index is 0. The Morgan fingerprint density at radius 1 is 0.964 bits per heavy atom. The molecular weight excluding hydrogens is 388 g/mol. The van der Waals surface area contributed by atoms with Crippen LogP contribution in [0.3, 0.4) is 0 Å².